The van der Waals surface area contributed by atoms with Crippen molar-refractivity contribution in [3.63, 3.8) is 0 Å². The van der Waals surface area contributed by atoms with E-state index >= 15 is 0 Å². The molecule has 0 saturated heterocycles. The summed E-state index contributed by atoms with van der Waals surface area (Å²) in [5, 5.41) is 4.14. The molecule has 0 aliphatic rings. The average molecular weight is 321 g/mol. The predicted octanol–water partition coefficient (Wildman–Crippen LogP) is 3.59. The van der Waals surface area contributed by atoms with Crippen molar-refractivity contribution in [1.82, 2.24) is 5.43 Å². The van der Waals surface area contributed by atoms with Gasteiger partial charge in [0.25, 0.3) is 0 Å². The number of carbonyl (C=O) groups excluding carboxylic acids is 1. The van der Waals surface area contributed by atoms with Crippen LogP contribution in [0.4, 0.5) is 0 Å². The summed E-state index contributed by atoms with van der Waals surface area (Å²) in [7, 11) is 0. The van der Waals surface area contributed by atoms with Gasteiger partial charge in [0.15, 0.2) is 5.76 Å². The maximum absolute atomic E-state index is 11.7. The zero-order valence-electron chi connectivity index (χ0n) is 10.4. The van der Waals surface area contributed by atoms with Gasteiger partial charge in [-0.1, -0.05) is 35.0 Å². The Morgan fingerprint density at radius 1 is 1.32 bits per heavy atom. The van der Waals surface area contributed by atoms with Gasteiger partial charge in [0.2, 0.25) is 0 Å². The minimum absolute atomic E-state index is 0.245. The summed E-state index contributed by atoms with van der Waals surface area (Å²) < 4.78 is 6.00. The Morgan fingerprint density at radius 2 is 2.05 bits per heavy atom. The SMILES string of the molecule is CCC(=NNC(=O)c1ccco1)c1ccc(Br)cc1. The number of nitrogens with zero attached hydrogens (tertiary/aromatic N) is 1. The lowest BCUT2D eigenvalue weighted by molar-refractivity contribution is 0.0927. The number of rotatable bonds is 4. The van der Waals surface area contributed by atoms with E-state index in [1.54, 1.807) is 12.1 Å². The smallest absolute Gasteiger partial charge is 0.307 e. The number of hydrogen-bond donors (Lipinski definition) is 1. The summed E-state index contributed by atoms with van der Waals surface area (Å²) >= 11 is 3.38. The van der Waals surface area contributed by atoms with Gasteiger partial charge in [0.1, 0.15) is 0 Å². The van der Waals surface area contributed by atoms with E-state index in [4.69, 9.17) is 4.42 Å². The second-order valence-corrected chi connectivity index (χ2v) is 4.75. The maximum atomic E-state index is 11.7. The topological polar surface area (TPSA) is 54.6 Å². The molecule has 0 saturated carbocycles. The van der Waals surface area contributed by atoms with Gasteiger partial charge in [0, 0.05) is 4.47 Å². The predicted molar refractivity (Wildman–Crippen MR) is 77.1 cm³/mol. The minimum atomic E-state index is -0.354. The fourth-order valence-corrected chi connectivity index (χ4v) is 1.84. The molecule has 0 fully saturated rings. The van der Waals surface area contributed by atoms with Crippen LogP contribution in [-0.4, -0.2) is 11.6 Å². The molecule has 98 valence electrons. The summed E-state index contributed by atoms with van der Waals surface area (Å²) in [5.74, 6) is -0.108. The molecule has 1 heterocycles. The van der Waals surface area contributed by atoms with Crippen LogP contribution in [0.2, 0.25) is 0 Å². The third-order valence-corrected chi connectivity index (χ3v) is 3.08. The largest absolute Gasteiger partial charge is 0.459 e. The minimum Gasteiger partial charge on any atom is -0.459 e. The summed E-state index contributed by atoms with van der Waals surface area (Å²) in [5.41, 5.74) is 4.28. The normalized spacial score (nSPS) is 11.4. The lowest BCUT2D eigenvalue weighted by Crippen LogP contribution is -2.19. The van der Waals surface area contributed by atoms with Crippen LogP contribution >= 0.6 is 15.9 Å². The molecule has 1 aromatic carbocycles. The molecule has 0 spiro atoms. The molecule has 0 bridgehead atoms. The van der Waals surface area contributed by atoms with Crippen LogP contribution in [0.15, 0.2) is 56.7 Å². The van der Waals surface area contributed by atoms with Gasteiger partial charge in [-0.25, -0.2) is 5.43 Å². The van der Waals surface area contributed by atoms with Crippen LogP contribution in [0, 0.1) is 0 Å². The highest BCUT2D eigenvalue weighted by atomic mass is 79.9. The number of halogens is 1. The van der Waals surface area contributed by atoms with Crippen molar-refractivity contribution >= 4 is 27.5 Å². The molecular weight excluding hydrogens is 308 g/mol. The van der Waals surface area contributed by atoms with Crippen molar-refractivity contribution in [1.29, 1.82) is 0 Å². The van der Waals surface area contributed by atoms with Crippen LogP contribution in [0.25, 0.3) is 0 Å². The van der Waals surface area contributed by atoms with Crippen LogP contribution in [0.1, 0.15) is 29.5 Å². The van der Waals surface area contributed by atoms with E-state index in [-0.39, 0.29) is 11.7 Å². The van der Waals surface area contributed by atoms with Crippen molar-refractivity contribution in [3.05, 3.63) is 58.5 Å². The van der Waals surface area contributed by atoms with E-state index in [0.29, 0.717) is 0 Å². The average Bonchev–Trinajstić information content (AvgIpc) is 2.95. The van der Waals surface area contributed by atoms with E-state index in [1.807, 2.05) is 31.2 Å². The highest BCUT2D eigenvalue weighted by Gasteiger charge is 2.08. The van der Waals surface area contributed by atoms with Gasteiger partial charge < -0.3 is 4.42 Å². The van der Waals surface area contributed by atoms with Gasteiger partial charge in [-0.15, -0.1) is 0 Å². The number of furan rings is 1. The second-order valence-electron chi connectivity index (χ2n) is 3.84. The number of amides is 1. The number of benzene rings is 1. The third-order valence-electron chi connectivity index (χ3n) is 2.55. The molecule has 4 nitrogen and oxygen atoms in total. The third kappa shape index (κ3) is 3.54. The first-order valence-corrected chi connectivity index (χ1v) is 6.66. The van der Waals surface area contributed by atoms with Gasteiger partial charge in [-0.3, -0.25) is 4.79 Å². The van der Waals surface area contributed by atoms with Gasteiger partial charge in [-0.05, 0) is 36.2 Å². The fraction of sp³-hybridized carbons (Fsp3) is 0.143. The summed E-state index contributed by atoms with van der Waals surface area (Å²) in [6.07, 6.45) is 2.17. The first-order chi connectivity index (χ1) is 9.20. The van der Waals surface area contributed by atoms with E-state index < -0.39 is 0 Å². The summed E-state index contributed by atoms with van der Waals surface area (Å²) in [6.45, 7) is 1.99. The van der Waals surface area contributed by atoms with Gasteiger partial charge in [-0.2, -0.15) is 5.10 Å². The lowest BCUT2D eigenvalue weighted by Gasteiger charge is -2.04. The number of carbonyl (C=O) groups is 1. The van der Waals surface area contributed by atoms with Gasteiger partial charge >= 0.3 is 5.91 Å². The second kappa shape index (κ2) is 6.33. The summed E-state index contributed by atoms with van der Waals surface area (Å²) in [6, 6.07) is 11.0. The molecule has 5 heteroatoms. The maximum Gasteiger partial charge on any atom is 0.307 e. The summed E-state index contributed by atoms with van der Waals surface area (Å²) in [4.78, 5) is 11.7. The van der Waals surface area contributed by atoms with Crippen molar-refractivity contribution in [3.8, 4) is 0 Å². The van der Waals surface area contributed by atoms with E-state index in [1.165, 1.54) is 6.26 Å². The molecule has 19 heavy (non-hydrogen) atoms. The molecule has 0 radical (unpaired) electrons. The van der Waals surface area contributed by atoms with E-state index in [9.17, 15) is 4.79 Å². The quantitative estimate of drug-likeness (QED) is 0.691. The van der Waals surface area contributed by atoms with E-state index in [0.717, 1.165) is 22.2 Å². The zero-order valence-corrected chi connectivity index (χ0v) is 12.0. The van der Waals surface area contributed by atoms with Crippen LogP contribution < -0.4 is 5.43 Å². The lowest BCUT2D eigenvalue weighted by atomic mass is 10.1. The molecular formula is C14H13BrN2O2. The fourth-order valence-electron chi connectivity index (χ4n) is 1.57. The number of hydrazone groups is 1. The van der Waals surface area contributed by atoms with Gasteiger partial charge in [0.05, 0.1) is 12.0 Å². The van der Waals surface area contributed by atoms with Crippen LogP contribution in [0.3, 0.4) is 0 Å². The van der Waals surface area contributed by atoms with Crippen molar-refractivity contribution in [2.45, 2.75) is 13.3 Å². The first kappa shape index (κ1) is 13.5. The highest BCUT2D eigenvalue weighted by molar-refractivity contribution is 9.10. The molecule has 2 aromatic rings. The Bertz CT molecular complexity index is 574. The Balaban J connectivity index is 2.11. The molecule has 1 N–H and O–H groups in total. The monoisotopic (exact) mass is 320 g/mol. The van der Waals surface area contributed by atoms with Crippen molar-refractivity contribution in [2.75, 3.05) is 0 Å². The Morgan fingerprint density at radius 3 is 2.63 bits per heavy atom. The first-order valence-electron chi connectivity index (χ1n) is 5.87. The molecule has 0 aliphatic heterocycles. The van der Waals surface area contributed by atoms with Crippen LogP contribution in [0.5, 0.6) is 0 Å². The Labute approximate surface area is 119 Å². The zero-order chi connectivity index (χ0) is 13.7. The van der Waals surface area contributed by atoms with Crippen molar-refractivity contribution < 1.29 is 9.21 Å². The molecule has 0 aliphatic carbocycles. The van der Waals surface area contributed by atoms with Crippen molar-refractivity contribution in [2.24, 2.45) is 5.10 Å². The van der Waals surface area contributed by atoms with E-state index in [2.05, 4.69) is 26.5 Å². The Kier molecular flexibility index (Phi) is 4.52. The Hall–Kier alpha value is -1.88. The molecule has 2 rings (SSSR count). The molecule has 1 amide bonds. The number of hydrogen-bond acceptors (Lipinski definition) is 3. The molecule has 0 unspecified atom stereocenters. The number of nitrogens with one attached hydrogen (secondary N) is 1. The highest BCUT2D eigenvalue weighted by Crippen LogP contribution is 2.12. The molecule has 0 atom stereocenters. The van der Waals surface area contributed by atoms with Crippen LogP contribution in [-0.2, 0) is 0 Å². The molecule has 1 aromatic heterocycles. The standard InChI is InChI=1S/C14H13BrN2O2/c1-2-12(10-5-7-11(15)8-6-10)16-17-14(18)13-4-3-9-19-13/h3-9H,2H2,1H3,(H,17,18).